The fourth-order valence-corrected chi connectivity index (χ4v) is 6.53. The van der Waals surface area contributed by atoms with Crippen molar-refractivity contribution in [3.8, 4) is 5.75 Å². The molecule has 38 heavy (non-hydrogen) atoms. The van der Waals surface area contributed by atoms with E-state index in [-0.39, 0.29) is 10.8 Å². The quantitative estimate of drug-likeness (QED) is 0.346. The molecule has 0 aliphatic carbocycles. The number of fused-ring (bicyclic) bond motifs is 1. The Bertz CT molecular complexity index is 1640. The molecule has 2 heterocycles. The van der Waals surface area contributed by atoms with Gasteiger partial charge in [-0.05, 0) is 66.9 Å². The minimum atomic E-state index is -3.65. The van der Waals surface area contributed by atoms with E-state index >= 15 is 0 Å². The number of nitrogens with one attached hydrogen (secondary N) is 1. The number of para-hydroxylation sites is 1. The number of hydrogen-bond donors (Lipinski definition) is 1. The third-order valence-electron chi connectivity index (χ3n) is 7.01. The van der Waals surface area contributed by atoms with Crippen LogP contribution in [0.15, 0.2) is 83.8 Å². The van der Waals surface area contributed by atoms with Gasteiger partial charge in [0.2, 0.25) is 15.9 Å². The Morgan fingerprint density at radius 3 is 2.47 bits per heavy atom. The molecule has 0 fully saturated rings. The second kappa shape index (κ2) is 10.5. The van der Waals surface area contributed by atoms with Crippen molar-refractivity contribution in [3.63, 3.8) is 0 Å². The van der Waals surface area contributed by atoms with E-state index in [9.17, 15) is 13.2 Å². The Labute approximate surface area is 223 Å². The van der Waals surface area contributed by atoms with Crippen molar-refractivity contribution in [2.75, 3.05) is 25.5 Å². The molecular formula is C30H31N3O4S. The van der Waals surface area contributed by atoms with Gasteiger partial charge >= 0.3 is 0 Å². The third kappa shape index (κ3) is 4.97. The van der Waals surface area contributed by atoms with Gasteiger partial charge in [-0.3, -0.25) is 4.79 Å². The molecule has 3 aromatic carbocycles. The van der Waals surface area contributed by atoms with E-state index < -0.39 is 10.0 Å². The molecule has 196 valence electrons. The fraction of sp³-hybridized carbons (Fsp3) is 0.233. The van der Waals surface area contributed by atoms with Crippen LogP contribution in [0.5, 0.6) is 5.75 Å². The van der Waals surface area contributed by atoms with Gasteiger partial charge < -0.3 is 14.6 Å². The van der Waals surface area contributed by atoms with E-state index in [1.54, 1.807) is 19.2 Å². The molecule has 4 aromatic rings. The number of carbonyl (C=O) groups excluding carboxylic acids is 1. The largest absolute Gasteiger partial charge is 0.497 e. The van der Waals surface area contributed by atoms with Gasteiger partial charge in [0.05, 0.1) is 12.0 Å². The van der Waals surface area contributed by atoms with E-state index in [0.717, 1.165) is 28.1 Å². The van der Waals surface area contributed by atoms with Crippen LogP contribution in [0.25, 0.3) is 16.5 Å². The number of anilines is 1. The predicted molar refractivity (Wildman–Crippen MR) is 151 cm³/mol. The minimum absolute atomic E-state index is 0.200. The average molecular weight is 530 g/mol. The smallest absolute Gasteiger partial charge is 0.243 e. The molecule has 0 radical (unpaired) electrons. The van der Waals surface area contributed by atoms with Gasteiger partial charge in [0.15, 0.2) is 0 Å². The first-order valence-electron chi connectivity index (χ1n) is 12.6. The zero-order valence-corrected chi connectivity index (χ0v) is 22.6. The number of ether oxygens (including phenoxy) is 1. The molecule has 0 saturated heterocycles. The van der Waals surface area contributed by atoms with Crippen LogP contribution < -0.4 is 10.1 Å². The number of carbonyl (C=O) groups is 1. The van der Waals surface area contributed by atoms with E-state index in [1.165, 1.54) is 34.3 Å². The molecule has 0 unspecified atom stereocenters. The Hall–Kier alpha value is -3.88. The van der Waals surface area contributed by atoms with Crippen LogP contribution in [0.2, 0.25) is 0 Å². The zero-order valence-electron chi connectivity index (χ0n) is 21.8. The van der Waals surface area contributed by atoms with E-state index in [2.05, 4.69) is 41.1 Å². The minimum Gasteiger partial charge on any atom is -0.497 e. The van der Waals surface area contributed by atoms with Crippen LogP contribution >= 0.6 is 0 Å². The normalized spacial score (nSPS) is 14.3. The number of amides is 1. The highest BCUT2D eigenvalue weighted by Gasteiger charge is 2.28. The first-order chi connectivity index (χ1) is 18.3. The van der Waals surface area contributed by atoms with Crippen molar-refractivity contribution >= 4 is 38.1 Å². The second-order valence-corrected chi connectivity index (χ2v) is 11.4. The number of aromatic nitrogens is 1. The summed E-state index contributed by atoms with van der Waals surface area (Å²) in [4.78, 5) is 11.5. The van der Waals surface area contributed by atoms with Crippen LogP contribution in [0, 0.1) is 6.92 Å². The van der Waals surface area contributed by atoms with Gasteiger partial charge in [-0.25, -0.2) is 8.42 Å². The second-order valence-electron chi connectivity index (χ2n) is 9.46. The van der Waals surface area contributed by atoms with Gasteiger partial charge in [-0.2, -0.15) is 4.31 Å². The molecule has 1 N–H and O–H groups in total. The van der Waals surface area contributed by atoms with Crippen LogP contribution in [-0.4, -0.2) is 43.4 Å². The molecule has 1 amide bonds. The van der Waals surface area contributed by atoms with Crippen LogP contribution in [0.4, 0.5) is 5.69 Å². The van der Waals surface area contributed by atoms with E-state index in [4.69, 9.17) is 4.74 Å². The van der Waals surface area contributed by atoms with Gasteiger partial charge in [0.25, 0.3) is 0 Å². The molecule has 7 nitrogen and oxygen atoms in total. The Morgan fingerprint density at radius 2 is 1.79 bits per heavy atom. The van der Waals surface area contributed by atoms with Gasteiger partial charge in [0, 0.05) is 54.4 Å². The Balaban J connectivity index is 1.43. The maximum absolute atomic E-state index is 13.3. The van der Waals surface area contributed by atoms with Crippen molar-refractivity contribution in [3.05, 3.63) is 95.7 Å². The standard InChI is InChI=1S/C30H31N3O4S/c1-21-30(28-9-4-5-10-29(28)33(21)20-23-7-6-8-26(19-23)37-3)24-15-17-32(18-16-24)38(35,36)27-13-11-25(12-14-27)31-22(2)34/h4-15,19H,16-18,20H2,1-3H3,(H,31,34). The highest BCUT2D eigenvalue weighted by atomic mass is 32.2. The molecule has 1 aliphatic rings. The van der Waals surface area contributed by atoms with E-state index in [1.807, 2.05) is 30.3 Å². The molecule has 5 rings (SSSR count). The van der Waals surface area contributed by atoms with Crippen molar-refractivity contribution in [1.82, 2.24) is 8.87 Å². The zero-order chi connectivity index (χ0) is 26.9. The molecule has 1 aromatic heterocycles. The van der Waals surface area contributed by atoms with Gasteiger partial charge in [-0.15, -0.1) is 0 Å². The molecule has 0 spiro atoms. The van der Waals surface area contributed by atoms with Crippen LogP contribution in [0.3, 0.4) is 0 Å². The molecule has 8 heteroatoms. The summed E-state index contributed by atoms with van der Waals surface area (Å²) in [6.07, 6.45) is 2.66. The number of sulfonamides is 1. The summed E-state index contributed by atoms with van der Waals surface area (Å²) in [5, 5.41) is 3.83. The Morgan fingerprint density at radius 1 is 1.03 bits per heavy atom. The summed E-state index contributed by atoms with van der Waals surface area (Å²) in [6, 6.07) is 22.8. The van der Waals surface area contributed by atoms with Crippen LogP contribution in [0.1, 0.15) is 30.2 Å². The summed E-state index contributed by atoms with van der Waals surface area (Å²) in [5.74, 6) is 0.632. The summed E-state index contributed by atoms with van der Waals surface area (Å²) in [5.41, 5.74) is 6.37. The average Bonchev–Trinajstić information content (AvgIpc) is 3.19. The van der Waals surface area contributed by atoms with Gasteiger partial charge in [-0.1, -0.05) is 36.4 Å². The number of rotatable bonds is 7. The molecular weight excluding hydrogens is 498 g/mol. The highest BCUT2D eigenvalue weighted by Crippen LogP contribution is 2.36. The van der Waals surface area contributed by atoms with Crippen molar-refractivity contribution in [2.45, 2.75) is 31.7 Å². The third-order valence-corrected chi connectivity index (χ3v) is 8.89. The Kier molecular flexibility index (Phi) is 7.10. The van der Waals surface area contributed by atoms with Crippen molar-refractivity contribution < 1.29 is 17.9 Å². The maximum atomic E-state index is 13.3. The molecule has 0 atom stereocenters. The first kappa shape index (κ1) is 25.8. The summed E-state index contributed by atoms with van der Waals surface area (Å²) >= 11 is 0. The van der Waals surface area contributed by atoms with Crippen LogP contribution in [-0.2, 0) is 21.4 Å². The summed E-state index contributed by atoms with van der Waals surface area (Å²) in [6.45, 7) is 4.97. The van der Waals surface area contributed by atoms with Crippen molar-refractivity contribution in [2.24, 2.45) is 0 Å². The SMILES string of the molecule is COc1cccc(Cn2c(C)c(C3=CCN(S(=O)(=O)c4ccc(NC(C)=O)cc4)CC3)c3ccccc32)c1. The lowest BCUT2D eigenvalue weighted by Gasteiger charge is -2.26. The number of methoxy groups -OCH3 is 1. The summed E-state index contributed by atoms with van der Waals surface area (Å²) in [7, 11) is -1.97. The van der Waals surface area contributed by atoms with Gasteiger partial charge in [0.1, 0.15) is 5.75 Å². The lowest BCUT2D eigenvalue weighted by Crippen LogP contribution is -2.34. The maximum Gasteiger partial charge on any atom is 0.243 e. The number of benzene rings is 3. The van der Waals surface area contributed by atoms with E-state index in [0.29, 0.717) is 31.7 Å². The highest BCUT2D eigenvalue weighted by molar-refractivity contribution is 7.89. The fourth-order valence-electron chi connectivity index (χ4n) is 5.15. The molecule has 0 saturated carbocycles. The lowest BCUT2D eigenvalue weighted by atomic mass is 9.97. The monoisotopic (exact) mass is 529 g/mol. The predicted octanol–water partition coefficient (Wildman–Crippen LogP) is 5.44. The molecule has 0 bridgehead atoms. The first-order valence-corrected chi connectivity index (χ1v) is 14.0. The number of nitrogens with zero attached hydrogens (tertiary/aromatic N) is 2. The molecule has 1 aliphatic heterocycles. The van der Waals surface area contributed by atoms with Crippen molar-refractivity contribution in [1.29, 1.82) is 0 Å². The lowest BCUT2D eigenvalue weighted by molar-refractivity contribution is -0.114. The topological polar surface area (TPSA) is 80.6 Å². The summed E-state index contributed by atoms with van der Waals surface area (Å²) < 4.78 is 35.8. The number of hydrogen-bond acceptors (Lipinski definition) is 4.